The van der Waals surface area contributed by atoms with Crippen molar-refractivity contribution in [2.75, 3.05) is 27.2 Å². The topological polar surface area (TPSA) is 62.8 Å². The van der Waals surface area contributed by atoms with Crippen LogP contribution in [-0.4, -0.2) is 52.5 Å². The van der Waals surface area contributed by atoms with Gasteiger partial charge in [0.1, 0.15) is 5.56 Å². The van der Waals surface area contributed by atoms with Gasteiger partial charge in [0.05, 0.1) is 12.2 Å². The van der Waals surface area contributed by atoms with Gasteiger partial charge in [0.25, 0.3) is 5.56 Å². The molecule has 0 amide bonds. The Morgan fingerprint density at radius 2 is 1.96 bits per heavy atom. The number of hydrogen-bond donors (Lipinski definition) is 1. The van der Waals surface area contributed by atoms with Crippen molar-refractivity contribution in [3.63, 3.8) is 0 Å². The molecule has 7 heteroatoms. The van der Waals surface area contributed by atoms with Crippen LogP contribution in [0.15, 0.2) is 40.1 Å². The van der Waals surface area contributed by atoms with Crippen LogP contribution >= 0.6 is 12.2 Å². The summed E-state index contributed by atoms with van der Waals surface area (Å²) in [5.41, 5.74) is 0.398. The van der Waals surface area contributed by atoms with Gasteiger partial charge in [0.2, 0.25) is 5.88 Å². The van der Waals surface area contributed by atoms with Gasteiger partial charge in [-0.15, -0.1) is 0 Å². The number of hydrogen-bond acceptors (Lipinski definition) is 5. The van der Waals surface area contributed by atoms with Gasteiger partial charge in [0, 0.05) is 19.8 Å². The van der Waals surface area contributed by atoms with E-state index in [1.165, 1.54) is 15.3 Å². The number of para-hydroxylation sites is 1. The first-order chi connectivity index (χ1) is 10.9. The highest BCUT2D eigenvalue weighted by molar-refractivity contribution is 7.71. The standard InChI is InChI=1S/C16H20N4O2S/c1-18(2)10-9-17-11-13-14(21)19(3)16(23)20(15(13)22)12-7-5-4-6-8-12/h4-8,11,21H,9-10H2,1-3H3. The molecule has 0 bridgehead atoms. The minimum Gasteiger partial charge on any atom is -0.494 e. The number of likely N-dealkylation sites (N-methyl/N-ethyl adjacent to an activating group) is 1. The van der Waals surface area contributed by atoms with Crippen LogP contribution in [0.2, 0.25) is 0 Å². The van der Waals surface area contributed by atoms with Gasteiger partial charge in [-0.25, -0.2) is 0 Å². The SMILES string of the molecule is CN(C)CCN=Cc1c(O)n(C)c(=S)n(-c2ccccc2)c1=O. The van der Waals surface area contributed by atoms with E-state index < -0.39 is 0 Å². The molecule has 0 aliphatic rings. The van der Waals surface area contributed by atoms with Gasteiger partial charge in [0.15, 0.2) is 4.77 Å². The second-order valence-electron chi connectivity index (χ2n) is 5.39. The van der Waals surface area contributed by atoms with Crippen LogP contribution in [0.1, 0.15) is 5.56 Å². The molecule has 122 valence electrons. The first-order valence-corrected chi connectivity index (χ1v) is 7.59. The van der Waals surface area contributed by atoms with Gasteiger partial charge < -0.3 is 10.0 Å². The first kappa shape index (κ1) is 17.1. The Bertz CT molecular complexity index is 822. The second-order valence-corrected chi connectivity index (χ2v) is 5.76. The predicted octanol–water partition coefficient (Wildman–Crippen LogP) is 1.59. The third-order valence-electron chi connectivity index (χ3n) is 3.38. The second kappa shape index (κ2) is 7.34. The molecule has 1 N–H and O–H groups in total. The Labute approximate surface area is 140 Å². The number of nitrogens with zero attached hydrogens (tertiary/aromatic N) is 4. The predicted molar refractivity (Wildman–Crippen MR) is 94.5 cm³/mol. The lowest BCUT2D eigenvalue weighted by atomic mass is 10.3. The molecule has 0 saturated carbocycles. The van der Waals surface area contributed by atoms with E-state index in [4.69, 9.17) is 12.2 Å². The Balaban J connectivity index is 2.54. The first-order valence-electron chi connectivity index (χ1n) is 7.18. The van der Waals surface area contributed by atoms with Gasteiger partial charge in [-0.3, -0.25) is 18.9 Å². The van der Waals surface area contributed by atoms with Crippen LogP contribution in [-0.2, 0) is 7.05 Å². The van der Waals surface area contributed by atoms with Crippen molar-refractivity contribution >= 4 is 18.4 Å². The smallest absolute Gasteiger partial charge is 0.271 e. The molecule has 0 unspecified atom stereocenters. The van der Waals surface area contributed by atoms with Crippen molar-refractivity contribution in [1.29, 1.82) is 0 Å². The molecule has 6 nitrogen and oxygen atoms in total. The minimum atomic E-state index is -0.384. The minimum absolute atomic E-state index is 0.128. The lowest BCUT2D eigenvalue weighted by Crippen LogP contribution is -2.26. The number of rotatable bonds is 5. The zero-order chi connectivity index (χ0) is 17.0. The summed E-state index contributed by atoms with van der Waals surface area (Å²) >= 11 is 5.29. The molecule has 1 aromatic heterocycles. The van der Waals surface area contributed by atoms with E-state index in [2.05, 4.69) is 4.99 Å². The summed E-state index contributed by atoms with van der Waals surface area (Å²) in [4.78, 5) is 18.9. The molecule has 2 aromatic rings. The Hall–Kier alpha value is -2.25. The normalized spacial score (nSPS) is 11.5. The van der Waals surface area contributed by atoms with Crippen LogP contribution < -0.4 is 5.56 Å². The monoisotopic (exact) mass is 332 g/mol. The quantitative estimate of drug-likeness (QED) is 0.667. The zero-order valence-electron chi connectivity index (χ0n) is 13.4. The number of aliphatic imine (C=N–C) groups is 1. The van der Waals surface area contributed by atoms with E-state index in [1.54, 1.807) is 19.2 Å². The molecule has 0 atom stereocenters. The highest BCUT2D eigenvalue weighted by atomic mass is 32.1. The van der Waals surface area contributed by atoms with Gasteiger partial charge in [-0.05, 0) is 38.4 Å². The van der Waals surface area contributed by atoms with Crippen LogP contribution in [0.4, 0.5) is 0 Å². The Morgan fingerprint density at radius 3 is 2.57 bits per heavy atom. The van der Waals surface area contributed by atoms with Crippen molar-refractivity contribution < 1.29 is 5.11 Å². The van der Waals surface area contributed by atoms with Crippen LogP contribution in [0, 0.1) is 4.77 Å². The highest BCUT2D eigenvalue weighted by Gasteiger charge is 2.14. The molecule has 0 radical (unpaired) electrons. The van der Waals surface area contributed by atoms with Crippen molar-refractivity contribution in [3.05, 3.63) is 51.0 Å². The van der Waals surface area contributed by atoms with E-state index in [0.29, 0.717) is 12.2 Å². The molecular formula is C16H20N4O2S. The molecule has 1 aromatic carbocycles. The Morgan fingerprint density at radius 1 is 1.30 bits per heavy atom. The molecule has 2 rings (SSSR count). The molecule has 1 heterocycles. The molecule has 0 aliphatic carbocycles. The van der Waals surface area contributed by atoms with E-state index in [0.717, 1.165) is 6.54 Å². The van der Waals surface area contributed by atoms with Gasteiger partial charge in [-0.2, -0.15) is 0 Å². The maximum absolute atomic E-state index is 12.7. The fraction of sp³-hybridized carbons (Fsp3) is 0.312. The molecule has 0 saturated heterocycles. The van der Waals surface area contributed by atoms with Gasteiger partial charge >= 0.3 is 0 Å². The van der Waals surface area contributed by atoms with Crippen molar-refractivity contribution in [1.82, 2.24) is 14.0 Å². The summed E-state index contributed by atoms with van der Waals surface area (Å²) in [6.45, 7) is 1.30. The van der Waals surface area contributed by atoms with Crippen molar-refractivity contribution in [2.24, 2.45) is 12.0 Å². The summed E-state index contributed by atoms with van der Waals surface area (Å²) in [6.07, 6.45) is 1.41. The average molecular weight is 332 g/mol. The third kappa shape index (κ3) is 3.75. The number of benzene rings is 1. The largest absolute Gasteiger partial charge is 0.494 e. The van der Waals surface area contributed by atoms with E-state index in [-0.39, 0.29) is 21.8 Å². The van der Waals surface area contributed by atoms with Crippen molar-refractivity contribution in [2.45, 2.75) is 0 Å². The number of aromatic hydroxyl groups is 1. The third-order valence-corrected chi connectivity index (χ3v) is 3.84. The Kier molecular flexibility index (Phi) is 5.46. The zero-order valence-corrected chi connectivity index (χ0v) is 14.2. The van der Waals surface area contributed by atoms with E-state index >= 15 is 0 Å². The lowest BCUT2D eigenvalue weighted by molar-refractivity contribution is 0.416. The molecule has 0 fully saturated rings. The van der Waals surface area contributed by atoms with Crippen LogP contribution in [0.25, 0.3) is 5.69 Å². The van der Waals surface area contributed by atoms with E-state index in [1.807, 2.05) is 37.2 Å². The summed E-state index contributed by atoms with van der Waals surface area (Å²) in [7, 11) is 5.51. The summed E-state index contributed by atoms with van der Waals surface area (Å²) in [6, 6.07) is 9.10. The summed E-state index contributed by atoms with van der Waals surface area (Å²) in [5, 5.41) is 10.2. The number of aromatic nitrogens is 2. The maximum Gasteiger partial charge on any atom is 0.271 e. The maximum atomic E-state index is 12.7. The van der Waals surface area contributed by atoms with E-state index in [9.17, 15) is 9.90 Å². The van der Waals surface area contributed by atoms with Gasteiger partial charge in [-0.1, -0.05) is 18.2 Å². The summed E-state index contributed by atoms with van der Waals surface area (Å²) < 4.78 is 3.02. The average Bonchev–Trinajstić information content (AvgIpc) is 2.53. The summed E-state index contributed by atoms with van der Waals surface area (Å²) in [5.74, 6) is -0.180. The van der Waals surface area contributed by atoms with Crippen LogP contribution in [0.3, 0.4) is 0 Å². The molecular weight excluding hydrogens is 312 g/mol. The molecule has 0 aliphatic heterocycles. The molecule has 0 spiro atoms. The van der Waals surface area contributed by atoms with Crippen LogP contribution in [0.5, 0.6) is 5.88 Å². The molecule has 23 heavy (non-hydrogen) atoms. The van der Waals surface area contributed by atoms with Crippen molar-refractivity contribution in [3.8, 4) is 11.6 Å². The fourth-order valence-corrected chi connectivity index (χ4v) is 2.33. The lowest BCUT2D eigenvalue weighted by Gasteiger charge is -2.13. The highest BCUT2D eigenvalue weighted by Crippen LogP contribution is 2.14. The fourth-order valence-electron chi connectivity index (χ4n) is 2.06.